The molecule has 0 aliphatic carbocycles. The second-order valence-corrected chi connectivity index (χ2v) is 16.0. The zero-order valence-electron chi connectivity index (χ0n) is 39.0. The summed E-state index contributed by atoms with van der Waals surface area (Å²) in [7, 11) is 0. The van der Waals surface area contributed by atoms with Crippen molar-refractivity contribution in [2.24, 2.45) is 0 Å². The molecule has 344 valence electrons. The van der Waals surface area contributed by atoms with Crippen molar-refractivity contribution in [3.05, 3.63) is 122 Å². The van der Waals surface area contributed by atoms with E-state index < -0.39 is 18.2 Å². The first kappa shape index (κ1) is 57.3. The quantitative estimate of drug-likeness (QED) is 0.0324. The molecule has 0 aromatic carbocycles. The van der Waals surface area contributed by atoms with Crippen LogP contribution >= 0.6 is 0 Å². The van der Waals surface area contributed by atoms with Gasteiger partial charge in [-0.25, -0.2) is 0 Å². The Morgan fingerprint density at radius 2 is 0.951 bits per heavy atom. The molecule has 0 saturated carbocycles. The molecule has 3 atom stereocenters. The number of hydrogen-bond acceptors (Lipinski definition) is 5. The molecular weight excluding hydrogens is 755 g/mol. The molecule has 0 aliphatic rings. The van der Waals surface area contributed by atoms with Crippen LogP contribution in [-0.2, 0) is 14.3 Å². The number of allylic oxidation sites excluding steroid dienone is 19. The molecule has 0 rings (SSSR count). The third kappa shape index (κ3) is 42.7. The van der Waals surface area contributed by atoms with Gasteiger partial charge in [0.2, 0.25) is 5.91 Å². The van der Waals surface area contributed by atoms with Crippen molar-refractivity contribution in [3.8, 4) is 0 Å². The Bertz CT molecular complexity index is 1310. The molecule has 0 radical (unpaired) electrons. The zero-order chi connectivity index (χ0) is 44.5. The van der Waals surface area contributed by atoms with Crippen LogP contribution in [0, 0.1) is 0 Å². The van der Waals surface area contributed by atoms with Gasteiger partial charge in [0, 0.05) is 12.8 Å². The number of carbonyl (C=O) groups is 2. The van der Waals surface area contributed by atoms with Crippen molar-refractivity contribution in [1.29, 1.82) is 0 Å². The van der Waals surface area contributed by atoms with Gasteiger partial charge in [-0.2, -0.15) is 0 Å². The molecular formula is C55H89NO5. The van der Waals surface area contributed by atoms with Crippen molar-refractivity contribution in [3.63, 3.8) is 0 Å². The number of esters is 1. The Morgan fingerprint density at radius 3 is 1.46 bits per heavy atom. The molecule has 0 aromatic rings. The molecule has 0 aromatic heterocycles. The molecule has 0 fully saturated rings. The summed E-state index contributed by atoms with van der Waals surface area (Å²) in [5.74, 6) is -0.650. The molecule has 61 heavy (non-hydrogen) atoms. The van der Waals surface area contributed by atoms with Crippen LogP contribution in [0.5, 0.6) is 0 Å². The summed E-state index contributed by atoms with van der Waals surface area (Å²) in [6, 6.07) is -0.752. The molecule has 6 nitrogen and oxygen atoms in total. The largest absolute Gasteiger partial charge is 0.461 e. The van der Waals surface area contributed by atoms with Gasteiger partial charge in [-0.05, 0) is 38.5 Å². The average Bonchev–Trinajstić information content (AvgIpc) is 3.25. The van der Waals surface area contributed by atoms with Crippen LogP contribution in [0.4, 0.5) is 0 Å². The SMILES string of the molecule is CC/C=C/C=C/C=C\C=C/C=C/CC(CC(=O)NC(CO)C(O)CCCCCCCCCCCCCCC)OC(=O)CCCCCCC/C=C/C=C/C=C/C=C/C=C/CCC. The van der Waals surface area contributed by atoms with Crippen LogP contribution < -0.4 is 5.32 Å². The summed E-state index contributed by atoms with van der Waals surface area (Å²) in [5, 5.41) is 23.6. The first-order valence-electron chi connectivity index (χ1n) is 24.4. The van der Waals surface area contributed by atoms with E-state index in [0.717, 1.165) is 70.6 Å². The number of aliphatic hydroxyl groups is 2. The minimum Gasteiger partial charge on any atom is -0.461 e. The predicted octanol–water partition coefficient (Wildman–Crippen LogP) is 14.5. The van der Waals surface area contributed by atoms with E-state index in [2.05, 4.69) is 56.5 Å². The summed E-state index contributed by atoms with van der Waals surface area (Å²) >= 11 is 0. The fourth-order valence-electron chi connectivity index (χ4n) is 6.60. The molecule has 0 bridgehead atoms. The van der Waals surface area contributed by atoms with Crippen molar-refractivity contribution >= 4 is 11.9 Å². The van der Waals surface area contributed by atoms with Crippen molar-refractivity contribution < 1.29 is 24.5 Å². The monoisotopic (exact) mass is 844 g/mol. The molecule has 0 aliphatic heterocycles. The third-order valence-corrected chi connectivity index (χ3v) is 10.3. The number of amides is 1. The maximum atomic E-state index is 13.1. The average molecular weight is 844 g/mol. The minimum atomic E-state index is -0.829. The molecule has 3 N–H and O–H groups in total. The first-order valence-corrected chi connectivity index (χ1v) is 24.4. The molecule has 0 spiro atoms. The van der Waals surface area contributed by atoms with Crippen LogP contribution in [0.3, 0.4) is 0 Å². The van der Waals surface area contributed by atoms with E-state index in [1.165, 1.54) is 70.6 Å². The van der Waals surface area contributed by atoms with Crippen molar-refractivity contribution in [2.75, 3.05) is 6.61 Å². The lowest BCUT2D eigenvalue weighted by Crippen LogP contribution is -2.46. The van der Waals surface area contributed by atoms with E-state index in [9.17, 15) is 19.8 Å². The van der Waals surface area contributed by atoms with Gasteiger partial charge >= 0.3 is 5.97 Å². The number of carbonyl (C=O) groups excluding carboxylic acids is 2. The maximum absolute atomic E-state index is 13.1. The van der Waals surface area contributed by atoms with Crippen LogP contribution in [0.25, 0.3) is 0 Å². The number of hydrogen-bond donors (Lipinski definition) is 3. The van der Waals surface area contributed by atoms with Gasteiger partial charge < -0.3 is 20.3 Å². The van der Waals surface area contributed by atoms with Gasteiger partial charge in [0.25, 0.3) is 0 Å². The number of unbranched alkanes of at least 4 members (excludes halogenated alkanes) is 18. The maximum Gasteiger partial charge on any atom is 0.306 e. The van der Waals surface area contributed by atoms with Gasteiger partial charge in [-0.1, -0.05) is 251 Å². The van der Waals surface area contributed by atoms with Crippen LogP contribution in [0.2, 0.25) is 0 Å². The fourth-order valence-corrected chi connectivity index (χ4v) is 6.60. The van der Waals surface area contributed by atoms with E-state index >= 15 is 0 Å². The van der Waals surface area contributed by atoms with Crippen LogP contribution in [0.15, 0.2) is 122 Å². The van der Waals surface area contributed by atoms with Crippen molar-refractivity contribution in [1.82, 2.24) is 5.32 Å². The molecule has 6 heteroatoms. The van der Waals surface area contributed by atoms with Gasteiger partial charge in [0.05, 0.1) is 25.2 Å². The Kier molecular flexibility index (Phi) is 44.4. The number of ether oxygens (including phenoxy) is 1. The lowest BCUT2D eigenvalue weighted by molar-refractivity contribution is -0.150. The van der Waals surface area contributed by atoms with Gasteiger partial charge in [0.1, 0.15) is 6.10 Å². The molecule has 0 saturated heterocycles. The van der Waals surface area contributed by atoms with Gasteiger partial charge in [0.15, 0.2) is 0 Å². The Labute approximate surface area is 374 Å². The van der Waals surface area contributed by atoms with E-state index in [0.29, 0.717) is 19.3 Å². The second kappa shape index (κ2) is 47.3. The summed E-state index contributed by atoms with van der Waals surface area (Å²) < 4.78 is 5.82. The highest BCUT2D eigenvalue weighted by molar-refractivity contribution is 5.77. The Morgan fingerprint density at radius 1 is 0.508 bits per heavy atom. The highest BCUT2D eigenvalue weighted by atomic mass is 16.5. The topological polar surface area (TPSA) is 95.9 Å². The van der Waals surface area contributed by atoms with Crippen LogP contribution in [-0.4, -0.2) is 46.9 Å². The van der Waals surface area contributed by atoms with E-state index in [1.54, 1.807) is 0 Å². The molecule has 0 heterocycles. The number of nitrogens with one attached hydrogen (secondary N) is 1. The highest BCUT2D eigenvalue weighted by Crippen LogP contribution is 2.16. The molecule has 3 unspecified atom stereocenters. The summed E-state index contributed by atoms with van der Waals surface area (Å²) in [4.78, 5) is 26.0. The summed E-state index contributed by atoms with van der Waals surface area (Å²) in [6.07, 6.45) is 65.6. The number of rotatable bonds is 41. The first-order chi connectivity index (χ1) is 30.0. The minimum absolute atomic E-state index is 0.0372. The Balaban J connectivity index is 4.74. The smallest absolute Gasteiger partial charge is 0.306 e. The third-order valence-electron chi connectivity index (χ3n) is 10.3. The predicted molar refractivity (Wildman–Crippen MR) is 263 cm³/mol. The van der Waals surface area contributed by atoms with E-state index in [4.69, 9.17) is 4.74 Å². The van der Waals surface area contributed by atoms with Crippen molar-refractivity contribution in [2.45, 2.75) is 206 Å². The standard InChI is InChI=1S/C55H89NO5/c1-4-7-10-13-16-19-22-24-25-26-27-28-30-33-36-39-42-45-48-55(60)61-51(46-43-40-37-34-31-21-18-15-12-9-6-3)49-54(59)56-52(50-57)53(58)47-44-41-38-35-32-29-23-20-17-14-11-8-5-2/h9-10,12-13,15-16,18-19,21-22,24-28,31,34,37,40,43,51-53,57-58H,4-8,11,14,17,20,23,29-30,32-33,35-36,38-39,41-42,44-50H2,1-3H3,(H,56,59)/b12-9+,13-10+,18-15+,19-16+,24-22+,26-25+,28-27+,31-21-,37-34-,43-40+. The Hall–Kier alpha value is -3.74. The summed E-state index contributed by atoms with van der Waals surface area (Å²) in [5.41, 5.74) is 0. The zero-order valence-corrected chi connectivity index (χ0v) is 39.0. The van der Waals surface area contributed by atoms with Gasteiger partial charge in [-0.15, -0.1) is 0 Å². The lowest BCUT2D eigenvalue weighted by Gasteiger charge is -2.24. The van der Waals surface area contributed by atoms with E-state index in [-0.39, 0.29) is 24.9 Å². The lowest BCUT2D eigenvalue weighted by atomic mass is 10.0. The molecule has 1 amide bonds. The highest BCUT2D eigenvalue weighted by Gasteiger charge is 2.23. The fraction of sp³-hybridized carbons (Fsp3) is 0.600. The van der Waals surface area contributed by atoms with Gasteiger partial charge in [-0.3, -0.25) is 9.59 Å². The summed E-state index contributed by atoms with van der Waals surface area (Å²) in [6.45, 7) is 6.18. The van der Waals surface area contributed by atoms with Crippen LogP contribution in [0.1, 0.15) is 188 Å². The number of aliphatic hydroxyl groups excluding tert-OH is 2. The van der Waals surface area contributed by atoms with E-state index in [1.807, 2.05) is 91.1 Å². The normalized spacial score (nSPS) is 14.4. The second-order valence-electron chi connectivity index (χ2n) is 16.0.